The molecule has 4 aromatic rings. The van der Waals surface area contributed by atoms with Crippen LogP contribution in [0, 0.1) is 0 Å². The van der Waals surface area contributed by atoms with Gasteiger partial charge in [-0.05, 0) is 24.3 Å². The van der Waals surface area contributed by atoms with E-state index in [1.165, 1.54) is 10.7 Å². The van der Waals surface area contributed by atoms with Crippen molar-refractivity contribution in [3.05, 3.63) is 72.1 Å². The SMILES string of the molecule is Cn1nccc1C(=O)Nc1ccc2cc(-c3ccccc3C(F)F)[nH]c2c1. The Bertz CT molecular complexity index is 1130. The van der Waals surface area contributed by atoms with Crippen LogP contribution in [0.3, 0.4) is 0 Å². The third-order valence-electron chi connectivity index (χ3n) is 4.42. The van der Waals surface area contributed by atoms with Crippen LogP contribution >= 0.6 is 0 Å². The number of carbonyl (C=O) groups is 1. The lowest BCUT2D eigenvalue weighted by Gasteiger charge is -2.06. The molecule has 2 N–H and O–H groups in total. The zero-order chi connectivity index (χ0) is 19.0. The van der Waals surface area contributed by atoms with Gasteiger partial charge in [0.2, 0.25) is 0 Å². The van der Waals surface area contributed by atoms with Crippen molar-refractivity contribution in [2.45, 2.75) is 6.43 Å². The molecule has 2 aromatic heterocycles. The van der Waals surface area contributed by atoms with E-state index >= 15 is 0 Å². The van der Waals surface area contributed by atoms with Crippen LogP contribution in [0.2, 0.25) is 0 Å². The maximum absolute atomic E-state index is 13.3. The summed E-state index contributed by atoms with van der Waals surface area (Å²) in [6.45, 7) is 0. The van der Waals surface area contributed by atoms with Crippen LogP contribution in [0.25, 0.3) is 22.2 Å². The van der Waals surface area contributed by atoms with Gasteiger partial charge < -0.3 is 10.3 Å². The van der Waals surface area contributed by atoms with Gasteiger partial charge in [0.05, 0.1) is 0 Å². The molecule has 0 aliphatic rings. The van der Waals surface area contributed by atoms with Crippen LogP contribution in [0.4, 0.5) is 14.5 Å². The summed E-state index contributed by atoms with van der Waals surface area (Å²) in [4.78, 5) is 15.5. The highest BCUT2D eigenvalue weighted by molar-refractivity contribution is 6.04. The molecule has 0 fully saturated rings. The fourth-order valence-corrected chi connectivity index (χ4v) is 3.07. The Kier molecular flexibility index (Phi) is 4.19. The summed E-state index contributed by atoms with van der Waals surface area (Å²) in [6, 6.07) is 15.2. The molecule has 0 radical (unpaired) electrons. The zero-order valence-electron chi connectivity index (χ0n) is 14.4. The van der Waals surface area contributed by atoms with Crippen molar-refractivity contribution >= 4 is 22.5 Å². The number of nitrogens with zero attached hydrogens (tertiary/aromatic N) is 2. The fraction of sp³-hybridized carbons (Fsp3) is 0.100. The predicted octanol–water partition coefficient (Wildman–Crippen LogP) is 4.76. The van der Waals surface area contributed by atoms with E-state index in [0.29, 0.717) is 22.6 Å². The lowest BCUT2D eigenvalue weighted by Crippen LogP contribution is -2.15. The molecule has 0 spiro atoms. The number of aromatic amines is 1. The second-order valence-electron chi connectivity index (χ2n) is 6.17. The van der Waals surface area contributed by atoms with Gasteiger partial charge in [-0.25, -0.2) is 8.78 Å². The number of hydrogen-bond acceptors (Lipinski definition) is 2. The topological polar surface area (TPSA) is 62.7 Å². The van der Waals surface area contributed by atoms with Gasteiger partial charge in [-0.3, -0.25) is 9.48 Å². The monoisotopic (exact) mass is 366 g/mol. The normalized spacial score (nSPS) is 11.3. The lowest BCUT2D eigenvalue weighted by molar-refractivity contribution is 0.101. The summed E-state index contributed by atoms with van der Waals surface area (Å²) < 4.78 is 28.0. The molecule has 4 rings (SSSR count). The highest BCUT2D eigenvalue weighted by Gasteiger charge is 2.15. The summed E-state index contributed by atoms with van der Waals surface area (Å²) in [7, 11) is 1.69. The highest BCUT2D eigenvalue weighted by atomic mass is 19.3. The van der Waals surface area contributed by atoms with Crippen molar-refractivity contribution in [3.8, 4) is 11.3 Å². The minimum atomic E-state index is -2.55. The van der Waals surface area contributed by atoms with Crippen molar-refractivity contribution in [1.82, 2.24) is 14.8 Å². The molecule has 0 bridgehead atoms. The van der Waals surface area contributed by atoms with Crippen LogP contribution < -0.4 is 5.32 Å². The number of aromatic nitrogens is 3. The summed E-state index contributed by atoms with van der Waals surface area (Å²) in [5.41, 5.74) is 2.84. The number of anilines is 1. The average Bonchev–Trinajstić information content (AvgIpc) is 3.27. The van der Waals surface area contributed by atoms with Crippen LogP contribution in [0.15, 0.2) is 60.8 Å². The molecule has 136 valence electrons. The quantitative estimate of drug-likeness (QED) is 0.547. The van der Waals surface area contributed by atoms with Crippen molar-refractivity contribution < 1.29 is 13.6 Å². The standard InChI is InChI=1S/C20H16F2N4O/c1-26-18(8-9-23-26)20(27)24-13-7-6-12-10-17(25-16(12)11-13)14-4-2-3-5-15(14)19(21)22/h2-11,19,25H,1H3,(H,24,27). The molecule has 2 aromatic carbocycles. The molecule has 0 saturated heterocycles. The molecule has 0 aliphatic heterocycles. The third kappa shape index (κ3) is 3.19. The smallest absolute Gasteiger partial charge is 0.273 e. The van der Waals surface area contributed by atoms with E-state index in [9.17, 15) is 13.6 Å². The first-order valence-corrected chi connectivity index (χ1v) is 8.32. The molecule has 5 nitrogen and oxygen atoms in total. The molecule has 27 heavy (non-hydrogen) atoms. The summed E-state index contributed by atoms with van der Waals surface area (Å²) in [5, 5.41) is 7.66. The minimum Gasteiger partial charge on any atom is -0.354 e. The summed E-state index contributed by atoms with van der Waals surface area (Å²) in [6.07, 6.45) is -1.00. The Balaban J connectivity index is 1.67. The number of alkyl halides is 2. The Morgan fingerprint density at radius 1 is 1.15 bits per heavy atom. The molecule has 1 amide bonds. The number of aryl methyl sites for hydroxylation is 1. The number of H-pyrrole nitrogens is 1. The average molecular weight is 366 g/mol. The van der Waals surface area contributed by atoms with Gasteiger partial charge >= 0.3 is 0 Å². The number of rotatable bonds is 4. The predicted molar refractivity (Wildman–Crippen MR) is 99.9 cm³/mol. The van der Waals surface area contributed by atoms with E-state index < -0.39 is 6.43 Å². The first-order valence-electron chi connectivity index (χ1n) is 8.32. The molecule has 0 aliphatic carbocycles. The number of halogens is 2. The van der Waals surface area contributed by atoms with Crippen LogP contribution in [0.5, 0.6) is 0 Å². The van der Waals surface area contributed by atoms with Gasteiger partial charge in [-0.2, -0.15) is 5.10 Å². The second-order valence-corrected chi connectivity index (χ2v) is 6.17. The Morgan fingerprint density at radius 2 is 1.96 bits per heavy atom. The van der Waals surface area contributed by atoms with Crippen LogP contribution in [0.1, 0.15) is 22.5 Å². The molecule has 7 heteroatoms. The minimum absolute atomic E-state index is 0.0196. The number of carbonyl (C=O) groups excluding carboxylic acids is 1. The summed E-state index contributed by atoms with van der Waals surface area (Å²) >= 11 is 0. The largest absolute Gasteiger partial charge is 0.354 e. The highest BCUT2D eigenvalue weighted by Crippen LogP contribution is 2.33. The van der Waals surface area contributed by atoms with E-state index in [0.717, 1.165) is 10.9 Å². The van der Waals surface area contributed by atoms with Gasteiger partial charge in [0.15, 0.2) is 0 Å². The van der Waals surface area contributed by atoms with Gasteiger partial charge in [0, 0.05) is 46.7 Å². The second kappa shape index (κ2) is 6.68. The van der Waals surface area contributed by atoms with Crippen molar-refractivity contribution in [2.75, 3.05) is 5.32 Å². The molecule has 0 atom stereocenters. The molecule has 2 heterocycles. The lowest BCUT2D eigenvalue weighted by atomic mass is 10.0. The molecule has 0 saturated carbocycles. The first-order chi connectivity index (χ1) is 13.0. The number of amides is 1. The Hall–Kier alpha value is -3.48. The fourth-order valence-electron chi connectivity index (χ4n) is 3.07. The van der Waals surface area contributed by atoms with E-state index in [-0.39, 0.29) is 11.5 Å². The Labute approximate surface area is 153 Å². The maximum Gasteiger partial charge on any atom is 0.273 e. The number of nitrogens with one attached hydrogen (secondary N) is 2. The van der Waals surface area contributed by atoms with Crippen molar-refractivity contribution in [2.24, 2.45) is 7.05 Å². The number of fused-ring (bicyclic) bond motifs is 1. The molecule has 0 unspecified atom stereocenters. The van der Waals surface area contributed by atoms with E-state index in [2.05, 4.69) is 15.4 Å². The van der Waals surface area contributed by atoms with Crippen molar-refractivity contribution in [1.29, 1.82) is 0 Å². The Morgan fingerprint density at radius 3 is 2.70 bits per heavy atom. The number of hydrogen-bond donors (Lipinski definition) is 2. The molecular weight excluding hydrogens is 350 g/mol. The van der Waals surface area contributed by atoms with Gasteiger partial charge in [0.1, 0.15) is 5.69 Å². The summed E-state index contributed by atoms with van der Waals surface area (Å²) in [5.74, 6) is -0.274. The van der Waals surface area contributed by atoms with Crippen LogP contribution in [-0.4, -0.2) is 20.7 Å². The van der Waals surface area contributed by atoms with Crippen molar-refractivity contribution in [3.63, 3.8) is 0 Å². The van der Waals surface area contributed by atoms with Gasteiger partial charge in [-0.15, -0.1) is 0 Å². The zero-order valence-corrected chi connectivity index (χ0v) is 14.4. The van der Waals surface area contributed by atoms with E-state index in [1.807, 2.05) is 12.1 Å². The molecular formula is C20H16F2N4O. The number of benzene rings is 2. The van der Waals surface area contributed by atoms with Crippen LogP contribution in [-0.2, 0) is 7.05 Å². The van der Waals surface area contributed by atoms with E-state index in [4.69, 9.17) is 0 Å². The van der Waals surface area contributed by atoms with Gasteiger partial charge in [-0.1, -0.05) is 30.3 Å². The van der Waals surface area contributed by atoms with Gasteiger partial charge in [0.25, 0.3) is 12.3 Å². The first kappa shape index (κ1) is 17.0. The van der Waals surface area contributed by atoms with E-state index in [1.54, 1.807) is 49.6 Å². The third-order valence-corrected chi connectivity index (χ3v) is 4.42. The maximum atomic E-state index is 13.3.